The summed E-state index contributed by atoms with van der Waals surface area (Å²) in [7, 11) is 1.58. The third kappa shape index (κ3) is 5.20. The van der Waals surface area contributed by atoms with Gasteiger partial charge in [-0.15, -0.1) is 0 Å². The first-order valence-corrected chi connectivity index (χ1v) is 7.26. The second kappa shape index (κ2) is 8.42. The standard InChI is InChI=1S/C17H18N4O3/c1-12(20-21-17(23)13-4-3-9-18-11-13)10-16(22)19-14-5-7-15(24-2)8-6-14/h3-9,11H,10H2,1-2H3,(H,19,22)(H,21,23)/b20-12+. The largest absolute Gasteiger partial charge is 0.497 e. The van der Waals surface area contributed by atoms with Crippen LogP contribution in [0.25, 0.3) is 0 Å². The van der Waals surface area contributed by atoms with E-state index in [2.05, 4.69) is 20.8 Å². The van der Waals surface area contributed by atoms with Crippen molar-refractivity contribution >= 4 is 23.2 Å². The fraction of sp³-hybridized carbons (Fsp3) is 0.176. The van der Waals surface area contributed by atoms with Gasteiger partial charge in [-0.05, 0) is 43.3 Å². The SMILES string of the molecule is COc1ccc(NC(=O)C/C(C)=N/NC(=O)c2cccnc2)cc1. The third-order valence-electron chi connectivity index (χ3n) is 3.06. The molecule has 0 atom stereocenters. The maximum absolute atomic E-state index is 11.9. The zero-order valence-corrected chi connectivity index (χ0v) is 13.4. The highest BCUT2D eigenvalue weighted by Crippen LogP contribution is 2.15. The van der Waals surface area contributed by atoms with Gasteiger partial charge in [0.15, 0.2) is 0 Å². The molecule has 2 aromatic rings. The second-order valence-electron chi connectivity index (χ2n) is 4.98. The number of hydrogen-bond acceptors (Lipinski definition) is 5. The molecule has 0 fully saturated rings. The summed E-state index contributed by atoms with van der Waals surface area (Å²) >= 11 is 0. The highest BCUT2D eigenvalue weighted by Gasteiger charge is 2.07. The Kier molecular flexibility index (Phi) is 6.01. The predicted octanol–water partition coefficient (Wildman–Crippen LogP) is 2.22. The minimum Gasteiger partial charge on any atom is -0.497 e. The van der Waals surface area contributed by atoms with Gasteiger partial charge in [-0.1, -0.05) is 0 Å². The molecule has 0 unspecified atom stereocenters. The lowest BCUT2D eigenvalue weighted by molar-refractivity contribution is -0.115. The maximum Gasteiger partial charge on any atom is 0.272 e. The van der Waals surface area contributed by atoms with Crippen molar-refractivity contribution in [3.05, 3.63) is 54.4 Å². The van der Waals surface area contributed by atoms with Crippen molar-refractivity contribution in [2.24, 2.45) is 5.10 Å². The molecular formula is C17H18N4O3. The molecule has 124 valence electrons. The molecule has 0 spiro atoms. The number of carbonyl (C=O) groups excluding carboxylic acids is 2. The van der Waals surface area contributed by atoms with Crippen LogP contribution in [0.15, 0.2) is 53.9 Å². The number of nitrogens with one attached hydrogen (secondary N) is 2. The summed E-state index contributed by atoms with van der Waals surface area (Å²) < 4.78 is 5.05. The molecule has 0 radical (unpaired) electrons. The van der Waals surface area contributed by atoms with E-state index in [1.165, 1.54) is 6.20 Å². The smallest absolute Gasteiger partial charge is 0.272 e. The molecule has 0 aliphatic carbocycles. The molecular weight excluding hydrogens is 308 g/mol. The normalized spacial score (nSPS) is 10.8. The first-order valence-electron chi connectivity index (χ1n) is 7.26. The van der Waals surface area contributed by atoms with Gasteiger partial charge in [-0.3, -0.25) is 14.6 Å². The number of anilines is 1. The summed E-state index contributed by atoms with van der Waals surface area (Å²) in [5.74, 6) is 0.110. The number of rotatable bonds is 6. The third-order valence-corrected chi connectivity index (χ3v) is 3.06. The summed E-state index contributed by atoms with van der Waals surface area (Å²) in [6.07, 6.45) is 3.09. The Labute approximate surface area is 139 Å². The first-order chi connectivity index (χ1) is 11.6. The molecule has 0 aliphatic heterocycles. The van der Waals surface area contributed by atoms with Crippen LogP contribution in [0.3, 0.4) is 0 Å². The van der Waals surface area contributed by atoms with Crippen molar-refractivity contribution in [3.8, 4) is 5.75 Å². The number of ether oxygens (including phenoxy) is 1. The fourth-order valence-corrected chi connectivity index (χ4v) is 1.86. The van der Waals surface area contributed by atoms with E-state index < -0.39 is 0 Å². The van der Waals surface area contributed by atoms with E-state index >= 15 is 0 Å². The lowest BCUT2D eigenvalue weighted by Crippen LogP contribution is -2.21. The van der Waals surface area contributed by atoms with E-state index in [0.717, 1.165) is 0 Å². The highest BCUT2D eigenvalue weighted by atomic mass is 16.5. The Morgan fingerprint density at radius 1 is 1.21 bits per heavy atom. The summed E-state index contributed by atoms with van der Waals surface area (Å²) in [5, 5.41) is 6.66. The Bertz CT molecular complexity index is 727. The number of hydrazone groups is 1. The lowest BCUT2D eigenvalue weighted by Gasteiger charge is -2.06. The monoisotopic (exact) mass is 326 g/mol. The predicted molar refractivity (Wildman–Crippen MR) is 91.1 cm³/mol. The van der Waals surface area contributed by atoms with Crippen LogP contribution < -0.4 is 15.5 Å². The van der Waals surface area contributed by atoms with Gasteiger partial charge in [0.2, 0.25) is 5.91 Å². The van der Waals surface area contributed by atoms with Gasteiger partial charge in [-0.25, -0.2) is 5.43 Å². The highest BCUT2D eigenvalue weighted by molar-refractivity contribution is 6.06. The van der Waals surface area contributed by atoms with E-state index in [4.69, 9.17) is 4.74 Å². The van der Waals surface area contributed by atoms with Crippen molar-refractivity contribution in [3.63, 3.8) is 0 Å². The van der Waals surface area contributed by atoms with Crippen molar-refractivity contribution < 1.29 is 14.3 Å². The molecule has 0 bridgehead atoms. The number of aromatic nitrogens is 1. The van der Waals surface area contributed by atoms with Crippen molar-refractivity contribution in [1.82, 2.24) is 10.4 Å². The van der Waals surface area contributed by atoms with Crippen LogP contribution in [0.4, 0.5) is 5.69 Å². The molecule has 7 nitrogen and oxygen atoms in total. The second-order valence-corrected chi connectivity index (χ2v) is 4.98. The number of pyridine rings is 1. The number of nitrogens with zero attached hydrogens (tertiary/aromatic N) is 2. The van der Waals surface area contributed by atoms with Crippen LogP contribution in [0.2, 0.25) is 0 Å². The van der Waals surface area contributed by atoms with Crippen LogP contribution in [-0.4, -0.2) is 29.6 Å². The van der Waals surface area contributed by atoms with Crippen molar-refractivity contribution in [1.29, 1.82) is 0 Å². The molecule has 1 aromatic carbocycles. The van der Waals surface area contributed by atoms with Gasteiger partial charge in [0.1, 0.15) is 5.75 Å². The average Bonchev–Trinajstić information content (AvgIpc) is 2.61. The van der Waals surface area contributed by atoms with Crippen molar-refractivity contribution in [2.45, 2.75) is 13.3 Å². The van der Waals surface area contributed by atoms with E-state index in [1.807, 2.05) is 0 Å². The summed E-state index contributed by atoms with van der Waals surface area (Å²) in [6, 6.07) is 10.3. The molecule has 2 N–H and O–H groups in total. The Hall–Kier alpha value is -3.22. The molecule has 1 aromatic heterocycles. The van der Waals surface area contributed by atoms with Crippen LogP contribution in [0.1, 0.15) is 23.7 Å². The topological polar surface area (TPSA) is 92.7 Å². The van der Waals surface area contributed by atoms with Crippen LogP contribution in [0, 0.1) is 0 Å². The molecule has 2 rings (SSSR count). The molecule has 24 heavy (non-hydrogen) atoms. The molecule has 1 heterocycles. The van der Waals surface area contributed by atoms with Gasteiger partial charge >= 0.3 is 0 Å². The molecule has 0 saturated heterocycles. The van der Waals surface area contributed by atoms with Gasteiger partial charge < -0.3 is 10.1 Å². The minimum absolute atomic E-state index is 0.0688. The lowest BCUT2D eigenvalue weighted by atomic mass is 10.2. The number of carbonyl (C=O) groups is 2. The van der Waals surface area contributed by atoms with Crippen LogP contribution in [0.5, 0.6) is 5.75 Å². The first kappa shape index (κ1) is 17.1. The van der Waals surface area contributed by atoms with Gasteiger partial charge in [0.25, 0.3) is 5.91 Å². The number of hydrogen-bond donors (Lipinski definition) is 2. The summed E-state index contributed by atoms with van der Waals surface area (Å²) in [5.41, 5.74) is 3.94. The van der Waals surface area contributed by atoms with Crippen molar-refractivity contribution in [2.75, 3.05) is 12.4 Å². The summed E-state index contributed by atoms with van der Waals surface area (Å²) in [4.78, 5) is 27.6. The van der Waals surface area contributed by atoms with E-state index in [-0.39, 0.29) is 18.2 Å². The fourth-order valence-electron chi connectivity index (χ4n) is 1.86. The van der Waals surface area contributed by atoms with Crippen LogP contribution >= 0.6 is 0 Å². The van der Waals surface area contributed by atoms with Gasteiger partial charge in [-0.2, -0.15) is 5.10 Å². The number of methoxy groups -OCH3 is 1. The zero-order chi connectivity index (χ0) is 17.4. The Balaban J connectivity index is 1.85. The summed E-state index contributed by atoms with van der Waals surface area (Å²) in [6.45, 7) is 1.66. The number of benzene rings is 1. The quantitative estimate of drug-likeness (QED) is 0.629. The van der Waals surface area contributed by atoms with Gasteiger partial charge in [0, 0.05) is 23.8 Å². The molecule has 7 heteroatoms. The minimum atomic E-state index is -0.377. The average molecular weight is 326 g/mol. The van der Waals surface area contributed by atoms with E-state index in [0.29, 0.717) is 22.7 Å². The molecule has 0 saturated carbocycles. The van der Waals surface area contributed by atoms with E-state index in [1.54, 1.807) is 56.6 Å². The Morgan fingerprint density at radius 2 is 1.96 bits per heavy atom. The molecule has 0 aliphatic rings. The number of amides is 2. The van der Waals surface area contributed by atoms with Gasteiger partial charge in [0.05, 0.1) is 19.1 Å². The zero-order valence-electron chi connectivity index (χ0n) is 13.4. The Morgan fingerprint density at radius 3 is 2.58 bits per heavy atom. The molecule has 2 amide bonds. The van der Waals surface area contributed by atoms with Crippen LogP contribution in [-0.2, 0) is 4.79 Å². The maximum atomic E-state index is 11.9. The van der Waals surface area contributed by atoms with E-state index in [9.17, 15) is 9.59 Å².